The van der Waals surface area contributed by atoms with Crippen LogP contribution in [0.25, 0.3) is 11.1 Å². The lowest BCUT2D eigenvalue weighted by atomic mass is 9.97. The van der Waals surface area contributed by atoms with Crippen molar-refractivity contribution in [2.45, 2.75) is 81.4 Å². The number of ether oxygens (including phenoxy) is 2. The van der Waals surface area contributed by atoms with Crippen LogP contribution in [0.3, 0.4) is 0 Å². The van der Waals surface area contributed by atoms with Crippen LogP contribution in [-0.2, 0) is 32.2 Å². The predicted octanol–water partition coefficient (Wildman–Crippen LogP) is 6.42. The number of hydrogen-bond donors (Lipinski definition) is 4. The summed E-state index contributed by atoms with van der Waals surface area (Å²) in [5, 5.41) is 30.4. The van der Waals surface area contributed by atoms with E-state index in [1.165, 1.54) is 0 Å². The van der Waals surface area contributed by atoms with Crippen LogP contribution in [0.2, 0.25) is 0 Å². The van der Waals surface area contributed by atoms with E-state index in [1.807, 2.05) is 67.6 Å². The summed E-state index contributed by atoms with van der Waals surface area (Å²) < 4.78 is 13.9. The van der Waals surface area contributed by atoms with Gasteiger partial charge in [0, 0.05) is 37.1 Å². The van der Waals surface area contributed by atoms with Gasteiger partial charge in [0.1, 0.15) is 5.01 Å². The van der Waals surface area contributed by atoms with Crippen LogP contribution in [-0.4, -0.2) is 44.2 Å². The minimum atomic E-state index is -0.561. The molecule has 0 aliphatic carbocycles. The third-order valence-corrected chi connectivity index (χ3v) is 10.0. The topological polar surface area (TPSA) is 143 Å². The first kappa shape index (κ1) is 34.7. The summed E-state index contributed by atoms with van der Waals surface area (Å²) in [6.45, 7) is 2.35. The molecule has 3 aromatic carbocycles. The Kier molecular flexibility index (Phi) is 12.9. The number of amides is 2. The number of hydrogen-bond acceptors (Lipinski definition) is 10. The fourth-order valence-electron chi connectivity index (χ4n) is 5.39. The number of aliphatic hydroxyl groups excluding tert-OH is 1. The molecular weight excluding hydrogens is 637 g/mol. The van der Waals surface area contributed by atoms with Gasteiger partial charge in [-0.25, -0.2) is 5.48 Å². The fourth-order valence-corrected chi connectivity index (χ4v) is 7.24. The number of rotatable bonds is 15. The summed E-state index contributed by atoms with van der Waals surface area (Å²) in [5.74, 6) is 0.270. The molecular formula is C35H40N4O6S2. The minimum absolute atomic E-state index is 0.00499. The van der Waals surface area contributed by atoms with Gasteiger partial charge in [0.25, 0.3) is 0 Å². The molecule has 1 fully saturated rings. The largest absolute Gasteiger partial charge is 0.392 e. The van der Waals surface area contributed by atoms with Crippen molar-refractivity contribution in [2.24, 2.45) is 0 Å². The van der Waals surface area contributed by atoms with E-state index in [-0.39, 0.29) is 31.1 Å². The number of aromatic nitrogens is 2. The second-order valence-corrected chi connectivity index (χ2v) is 13.8. The number of benzene rings is 3. The molecule has 0 radical (unpaired) electrons. The van der Waals surface area contributed by atoms with E-state index in [9.17, 15) is 14.7 Å². The second-order valence-electron chi connectivity index (χ2n) is 11.4. The Balaban J connectivity index is 1.23. The van der Waals surface area contributed by atoms with Crippen LogP contribution < -0.4 is 10.8 Å². The van der Waals surface area contributed by atoms with Crippen molar-refractivity contribution in [2.75, 3.05) is 5.75 Å². The summed E-state index contributed by atoms with van der Waals surface area (Å²) in [4.78, 5) is 23.6. The molecule has 0 spiro atoms. The molecule has 12 heteroatoms. The van der Waals surface area contributed by atoms with Crippen LogP contribution in [0.5, 0.6) is 0 Å². The Labute approximate surface area is 282 Å². The van der Waals surface area contributed by atoms with Crippen molar-refractivity contribution >= 4 is 34.9 Å². The van der Waals surface area contributed by atoms with Gasteiger partial charge >= 0.3 is 0 Å². The summed E-state index contributed by atoms with van der Waals surface area (Å²) >= 11 is 3.22. The number of aliphatic hydroxyl groups is 1. The molecule has 1 aliphatic rings. The normalized spacial score (nSPS) is 17.7. The second kappa shape index (κ2) is 17.5. The number of thioether (sulfide) groups is 1. The lowest BCUT2D eigenvalue weighted by Gasteiger charge is -2.36. The Hall–Kier alpha value is -3.65. The number of nitrogens with zero attached hydrogens (tertiary/aromatic N) is 2. The number of hydroxylamine groups is 1. The molecule has 3 atom stereocenters. The van der Waals surface area contributed by atoms with Crippen molar-refractivity contribution in [1.29, 1.82) is 0 Å². The number of unbranched alkanes of at least 4 members (excludes halogenated alkanes) is 2. The van der Waals surface area contributed by atoms with E-state index in [0.717, 1.165) is 54.9 Å². The molecule has 5 rings (SSSR count). The van der Waals surface area contributed by atoms with Gasteiger partial charge in [-0.05, 0) is 47.6 Å². The Bertz CT molecular complexity index is 1600. The monoisotopic (exact) mass is 676 g/mol. The van der Waals surface area contributed by atoms with Gasteiger partial charge in [-0.15, -0.1) is 10.2 Å². The number of carbonyl (C=O) groups is 2. The van der Waals surface area contributed by atoms with E-state index >= 15 is 0 Å². The molecule has 2 amide bonds. The zero-order chi connectivity index (χ0) is 33.0. The summed E-state index contributed by atoms with van der Waals surface area (Å²) in [6.07, 6.45) is 2.54. The van der Waals surface area contributed by atoms with Crippen LogP contribution in [0, 0.1) is 6.92 Å². The molecule has 0 unspecified atom stereocenters. The molecule has 0 bridgehead atoms. The quantitative estimate of drug-likeness (QED) is 0.0486. The van der Waals surface area contributed by atoms with Gasteiger partial charge in [0.05, 0.1) is 18.8 Å². The van der Waals surface area contributed by atoms with E-state index < -0.39 is 12.2 Å². The minimum Gasteiger partial charge on any atom is -0.392 e. The van der Waals surface area contributed by atoms with Gasteiger partial charge in [0.15, 0.2) is 10.6 Å². The first-order chi connectivity index (χ1) is 22.9. The first-order valence-electron chi connectivity index (χ1n) is 15.7. The van der Waals surface area contributed by atoms with Crippen molar-refractivity contribution in [3.05, 3.63) is 100 Å². The van der Waals surface area contributed by atoms with Crippen molar-refractivity contribution in [3.8, 4) is 11.1 Å². The highest BCUT2D eigenvalue weighted by molar-refractivity contribution is 8.01. The molecule has 0 saturated carbocycles. The highest BCUT2D eigenvalue weighted by atomic mass is 32.2. The fraction of sp³-hybridized carbons (Fsp3) is 0.371. The SMILES string of the molecule is Cc1nnc(SC[C@H]2C[C@@H](c3ccc(CO)cc3)O[C@@H](c3ccc(-c4ccccc4CNC(=O)CCCCCC(=O)NO)cc3)O2)s1. The molecule has 248 valence electrons. The van der Waals surface area contributed by atoms with Crippen molar-refractivity contribution < 1.29 is 29.4 Å². The highest BCUT2D eigenvalue weighted by Gasteiger charge is 2.32. The van der Waals surface area contributed by atoms with Gasteiger partial charge in [0.2, 0.25) is 11.8 Å². The van der Waals surface area contributed by atoms with Crippen LogP contribution in [0.15, 0.2) is 77.1 Å². The number of nitrogens with one attached hydrogen (secondary N) is 2. The smallest absolute Gasteiger partial charge is 0.243 e. The molecule has 1 aromatic heterocycles. The maximum atomic E-state index is 12.5. The van der Waals surface area contributed by atoms with Crippen molar-refractivity contribution in [1.82, 2.24) is 21.0 Å². The van der Waals surface area contributed by atoms with Crippen molar-refractivity contribution in [3.63, 3.8) is 0 Å². The molecule has 1 saturated heterocycles. The Morgan fingerprint density at radius 1 is 0.915 bits per heavy atom. The zero-order valence-electron chi connectivity index (χ0n) is 26.3. The molecule has 47 heavy (non-hydrogen) atoms. The number of carbonyl (C=O) groups excluding carboxylic acids is 2. The standard InChI is InChI=1S/C35H40N4O6S2/c1-23-37-38-35(47-23)46-22-29-19-31(26-13-11-24(21-40)12-14-26)45-34(44-29)27-17-15-25(16-18-27)30-8-6-5-7-28(30)20-36-32(41)9-3-2-4-10-33(42)39-43/h5-8,11-18,29,31,34,40,43H,2-4,9-10,19-22H2,1H3,(H,36,41)(H,39,42)/t29-,31+,34+/m1/s1. The summed E-state index contributed by atoms with van der Waals surface area (Å²) in [7, 11) is 0. The van der Waals surface area contributed by atoms with Crippen LogP contribution in [0.1, 0.15) is 78.2 Å². The average molecular weight is 677 g/mol. The van der Waals surface area contributed by atoms with E-state index in [4.69, 9.17) is 14.7 Å². The molecule has 4 N–H and O–H groups in total. The van der Waals surface area contributed by atoms with Gasteiger partial charge in [-0.1, -0.05) is 102 Å². The Morgan fingerprint density at radius 2 is 1.64 bits per heavy atom. The Morgan fingerprint density at radius 3 is 2.34 bits per heavy atom. The molecule has 4 aromatic rings. The maximum absolute atomic E-state index is 12.5. The maximum Gasteiger partial charge on any atom is 0.243 e. The van der Waals surface area contributed by atoms with Crippen LogP contribution in [0.4, 0.5) is 0 Å². The molecule has 1 aliphatic heterocycles. The van der Waals surface area contributed by atoms with Gasteiger partial charge in [-0.3, -0.25) is 14.8 Å². The lowest BCUT2D eigenvalue weighted by Crippen LogP contribution is -2.31. The van der Waals surface area contributed by atoms with Gasteiger partial charge in [-0.2, -0.15) is 0 Å². The third-order valence-electron chi connectivity index (χ3n) is 7.93. The average Bonchev–Trinajstić information content (AvgIpc) is 3.54. The van der Waals surface area contributed by atoms with Crippen LogP contribution >= 0.6 is 23.1 Å². The summed E-state index contributed by atoms with van der Waals surface area (Å²) in [6, 6.07) is 24.0. The third kappa shape index (κ3) is 10.2. The summed E-state index contributed by atoms with van der Waals surface area (Å²) in [5.41, 5.74) is 7.49. The molecule has 10 nitrogen and oxygen atoms in total. The lowest BCUT2D eigenvalue weighted by molar-refractivity contribution is -0.245. The number of aryl methyl sites for hydroxylation is 1. The van der Waals surface area contributed by atoms with E-state index in [2.05, 4.69) is 27.6 Å². The zero-order valence-corrected chi connectivity index (χ0v) is 27.9. The van der Waals surface area contributed by atoms with Gasteiger partial charge < -0.3 is 19.9 Å². The molecule has 2 heterocycles. The first-order valence-corrected chi connectivity index (χ1v) is 17.5. The highest BCUT2D eigenvalue weighted by Crippen LogP contribution is 2.40. The predicted molar refractivity (Wildman–Crippen MR) is 181 cm³/mol. The van der Waals surface area contributed by atoms with E-state index in [1.54, 1.807) is 28.6 Å². The van der Waals surface area contributed by atoms with E-state index in [0.29, 0.717) is 32.2 Å².